The number of nitrogens with zero attached hydrogens (tertiary/aromatic N) is 1. The summed E-state index contributed by atoms with van der Waals surface area (Å²) in [6.07, 6.45) is 1.73. The topological polar surface area (TPSA) is 74.7 Å². The minimum atomic E-state index is -4.13. The molecule has 33 heavy (non-hydrogen) atoms. The molecule has 0 saturated carbocycles. The zero-order valence-electron chi connectivity index (χ0n) is 18.3. The van der Waals surface area contributed by atoms with E-state index in [0.717, 1.165) is 11.1 Å². The van der Waals surface area contributed by atoms with Gasteiger partial charge in [-0.25, -0.2) is 17.6 Å². The van der Waals surface area contributed by atoms with E-state index in [1.807, 2.05) is 19.9 Å². The molecule has 2 atom stereocenters. The SMILES string of the molecule is Cc1ccc(S(=O)(=O)N2[C@@H](c3cccc(C)c3)C(C(=O)O)=CC[C@H]2c2ccc(F)cc2)cc1. The maximum atomic E-state index is 14.0. The first-order valence-corrected chi connectivity index (χ1v) is 12.0. The van der Waals surface area contributed by atoms with Gasteiger partial charge in [0.25, 0.3) is 0 Å². The molecule has 4 rings (SSSR count). The third-order valence-electron chi connectivity index (χ3n) is 5.87. The Labute approximate surface area is 192 Å². The highest BCUT2D eigenvalue weighted by molar-refractivity contribution is 7.89. The second-order valence-electron chi connectivity index (χ2n) is 8.23. The summed E-state index contributed by atoms with van der Waals surface area (Å²) in [5.74, 6) is -1.61. The van der Waals surface area contributed by atoms with Crippen LogP contribution in [0, 0.1) is 19.7 Å². The Bertz CT molecular complexity index is 1320. The fraction of sp³-hybridized carbons (Fsp3) is 0.192. The fourth-order valence-corrected chi connectivity index (χ4v) is 6.03. The minimum Gasteiger partial charge on any atom is -0.478 e. The van der Waals surface area contributed by atoms with Crippen LogP contribution in [-0.2, 0) is 14.8 Å². The lowest BCUT2D eigenvalue weighted by Crippen LogP contribution is -2.42. The summed E-state index contributed by atoms with van der Waals surface area (Å²) < 4.78 is 42.9. The molecule has 0 unspecified atom stereocenters. The lowest BCUT2D eigenvalue weighted by molar-refractivity contribution is -0.133. The Morgan fingerprint density at radius 2 is 1.61 bits per heavy atom. The monoisotopic (exact) mass is 465 g/mol. The van der Waals surface area contributed by atoms with Gasteiger partial charge in [-0.05, 0) is 55.7 Å². The normalized spacial score (nSPS) is 19.2. The number of hydrogen-bond acceptors (Lipinski definition) is 3. The molecule has 3 aromatic rings. The van der Waals surface area contributed by atoms with Gasteiger partial charge in [0, 0.05) is 0 Å². The van der Waals surface area contributed by atoms with E-state index in [0.29, 0.717) is 11.1 Å². The zero-order valence-corrected chi connectivity index (χ0v) is 19.1. The number of sulfonamides is 1. The first-order valence-electron chi connectivity index (χ1n) is 10.5. The van der Waals surface area contributed by atoms with E-state index in [-0.39, 0.29) is 16.9 Å². The fourth-order valence-electron chi connectivity index (χ4n) is 4.25. The molecule has 1 aliphatic heterocycles. The zero-order chi connectivity index (χ0) is 23.8. The molecule has 7 heteroatoms. The molecule has 0 bridgehead atoms. The number of halogens is 1. The molecule has 0 aliphatic carbocycles. The second kappa shape index (κ2) is 8.92. The molecule has 0 aromatic heterocycles. The number of rotatable bonds is 5. The number of carbonyl (C=O) groups is 1. The summed E-state index contributed by atoms with van der Waals surface area (Å²) in [5.41, 5.74) is 2.93. The van der Waals surface area contributed by atoms with Crippen molar-refractivity contribution in [1.82, 2.24) is 4.31 Å². The molecule has 1 N–H and O–H groups in total. The quantitative estimate of drug-likeness (QED) is 0.553. The Morgan fingerprint density at radius 1 is 0.939 bits per heavy atom. The molecule has 3 aromatic carbocycles. The molecule has 5 nitrogen and oxygen atoms in total. The number of hydrogen-bond donors (Lipinski definition) is 1. The van der Waals surface area contributed by atoms with Crippen molar-refractivity contribution >= 4 is 16.0 Å². The third-order valence-corrected chi connectivity index (χ3v) is 7.76. The molecular weight excluding hydrogens is 441 g/mol. The van der Waals surface area contributed by atoms with Crippen LogP contribution in [0.25, 0.3) is 0 Å². The van der Waals surface area contributed by atoms with E-state index in [1.54, 1.807) is 48.5 Å². The molecule has 0 amide bonds. The van der Waals surface area contributed by atoms with Gasteiger partial charge >= 0.3 is 5.97 Å². The van der Waals surface area contributed by atoms with E-state index < -0.39 is 33.9 Å². The Balaban J connectivity index is 1.97. The highest BCUT2D eigenvalue weighted by Gasteiger charge is 2.44. The Hall–Kier alpha value is -3.29. The second-order valence-corrected chi connectivity index (χ2v) is 10.1. The summed E-state index contributed by atoms with van der Waals surface area (Å²) in [7, 11) is -4.13. The van der Waals surface area contributed by atoms with Crippen LogP contribution in [0.2, 0.25) is 0 Å². The molecular formula is C26H24FNO4S. The Morgan fingerprint density at radius 3 is 2.21 bits per heavy atom. The van der Waals surface area contributed by atoms with E-state index in [4.69, 9.17) is 0 Å². The summed E-state index contributed by atoms with van der Waals surface area (Å²) >= 11 is 0. The number of carboxylic acids is 1. The van der Waals surface area contributed by atoms with E-state index >= 15 is 0 Å². The van der Waals surface area contributed by atoms with Crippen LogP contribution in [0.1, 0.15) is 40.8 Å². The van der Waals surface area contributed by atoms with Gasteiger partial charge in [-0.15, -0.1) is 0 Å². The molecule has 1 aliphatic rings. The van der Waals surface area contributed by atoms with E-state index in [9.17, 15) is 22.7 Å². The van der Waals surface area contributed by atoms with Gasteiger partial charge in [0.15, 0.2) is 0 Å². The lowest BCUT2D eigenvalue weighted by atomic mass is 9.89. The standard InChI is InChI=1S/C26H24FNO4S/c1-17-6-12-22(13-7-17)33(31,32)28-24(19-8-10-21(27)11-9-19)15-14-23(26(29)30)25(28)20-5-3-4-18(2)16-20/h3-14,16,24-25H,15H2,1-2H3,(H,29,30)/t24-,25-/m0/s1. The van der Waals surface area contributed by atoms with E-state index in [1.165, 1.54) is 28.6 Å². The highest BCUT2D eigenvalue weighted by Crippen LogP contribution is 2.45. The van der Waals surface area contributed by atoms with Crippen LogP contribution in [0.5, 0.6) is 0 Å². The summed E-state index contributed by atoms with van der Waals surface area (Å²) in [6.45, 7) is 3.73. The van der Waals surface area contributed by atoms with Crippen molar-refractivity contribution in [3.63, 3.8) is 0 Å². The van der Waals surface area contributed by atoms with Crippen molar-refractivity contribution in [2.45, 2.75) is 37.2 Å². The third kappa shape index (κ3) is 4.47. The number of carboxylic acid groups (broad SMARTS) is 1. The van der Waals surface area contributed by atoms with E-state index in [2.05, 4.69) is 0 Å². The highest BCUT2D eigenvalue weighted by atomic mass is 32.2. The average Bonchev–Trinajstić information content (AvgIpc) is 2.79. The summed E-state index contributed by atoms with van der Waals surface area (Å²) in [5, 5.41) is 9.98. The molecule has 1 heterocycles. The van der Waals surface area contributed by atoms with Gasteiger partial charge in [0.1, 0.15) is 5.82 Å². The molecule has 0 fully saturated rings. The van der Waals surface area contributed by atoms with Crippen LogP contribution >= 0.6 is 0 Å². The van der Waals surface area contributed by atoms with Crippen molar-refractivity contribution in [2.24, 2.45) is 0 Å². The van der Waals surface area contributed by atoms with Crippen LogP contribution in [0.4, 0.5) is 4.39 Å². The first kappa shape index (κ1) is 22.9. The van der Waals surface area contributed by atoms with Crippen LogP contribution < -0.4 is 0 Å². The Kier molecular flexibility index (Phi) is 6.19. The van der Waals surface area contributed by atoms with Gasteiger partial charge < -0.3 is 5.11 Å². The van der Waals surface area contributed by atoms with Crippen LogP contribution in [0.3, 0.4) is 0 Å². The minimum absolute atomic E-state index is 0.00496. The van der Waals surface area contributed by atoms with Crippen molar-refractivity contribution in [1.29, 1.82) is 0 Å². The van der Waals surface area contributed by atoms with Crippen molar-refractivity contribution in [2.75, 3.05) is 0 Å². The van der Waals surface area contributed by atoms with Gasteiger partial charge in [0.05, 0.1) is 22.6 Å². The number of aliphatic carboxylic acids is 1. The van der Waals surface area contributed by atoms with Crippen molar-refractivity contribution in [3.05, 3.63) is 113 Å². The lowest BCUT2D eigenvalue weighted by Gasteiger charge is -2.40. The maximum Gasteiger partial charge on any atom is 0.333 e. The summed E-state index contributed by atoms with van der Waals surface area (Å²) in [6, 6.07) is 17.6. The first-order chi connectivity index (χ1) is 15.7. The average molecular weight is 466 g/mol. The molecule has 170 valence electrons. The molecule has 0 saturated heterocycles. The van der Waals surface area contributed by atoms with Crippen molar-refractivity contribution in [3.8, 4) is 0 Å². The predicted octanol–water partition coefficient (Wildman–Crippen LogP) is 5.33. The molecule has 0 spiro atoms. The smallest absolute Gasteiger partial charge is 0.333 e. The van der Waals surface area contributed by atoms with Crippen LogP contribution in [0.15, 0.2) is 89.3 Å². The number of aryl methyl sites for hydroxylation is 2. The maximum absolute atomic E-state index is 14.0. The van der Waals surface area contributed by atoms with Crippen molar-refractivity contribution < 1.29 is 22.7 Å². The molecule has 0 radical (unpaired) electrons. The largest absolute Gasteiger partial charge is 0.478 e. The number of benzene rings is 3. The van der Waals surface area contributed by atoms with Gasteiger partial charge in [-0.3, -0.25) is 0 Å². The van der Waals surface area contributed by atoms with Gasteiger partial charge in [-0.1, -0.05) is 65.7 Å². The van der Waals surface area contributed by atoms with Gasteiger partial charge in [0.2, 0.25) is 10.0 Å². The predicted molar refractivity (Wildman–Crippen MR) is 124 cm³/mol. The van der Waals surface area contributed by atoms with Gasteiger partial charge in [-0.2, -0.15) is 4.31 Å². The van der Waals surface area contributed by atoms with Crippen LogP contribution in [-0.4, -0.2) is 23.8 Å². The summed E-state index contributed by atoms with van der Waals surface area (Å²) in [4.78, 5) is 12.3.